The number of methoxy groups -OCH3 is 1. The van der Waals surface area contributed by atoms with Crippen LogP contribution < -0.4 is 24.6 Å². The SMILES string of the molecule is COc1ccc(F)cc1N1CCC2(CC1)CC(CN1CCN3c4ccc5c(c4OCC3C1)CN(C1CCC(=O)NC1=O)C5=O)C2. The number of piperazine rings is 1. The van der Waals surface area contributed by atoms with Crippen LogP contribution in [-0.4, -0.2) is 92.6 Å². The predicted octanol–water partition coefficient (Wildman–Crippen LogP) is 3.18. The fraction of sp³-hybridized carbons (Fsp3) is 0.559. The molecule has 10 nitrogen and oxygen atoms in total. The third-order valence-electron chi connectivity index (χ3n) is 11.2. The van der Waals surface area contributed by atoms with Gasteiger partial charge in [-0.1, -0.05) is 0 Å². The number of benzene rings is 2. The number of nitrogens with one attached hydrogen (secondary N) is 1. The Bertz CT molecular complexity index is 1550. The summed E-state index contributed by atoms with van der Waals surface area (Å²) in [6.07, 6.45) is 5.38. The van der Waals surface area contributed by atoms with E-state index < -0.39 is 11.9 Å². The monoisotopic (exact) mass is 617 g/mol. The zero-order valence-corrected chi connectivity index (χ0v) is 25.7. The highest BCUT2D eigenvalue weighted by molar-refractivity contribution is 6.06. The summed E-state index contributed by atoms with van der Waals surface area (Å²) in [7, 11) is 1.64. The minimum atomic E-state index is -0.631. The normalized spacial score (nSPS) is 26.2. The van der Waals surface area contributed by atoms with Gasteiger partial charge in [0.1, 0.15) is 30.0 Å². The molecule has 0 bridgehead atoms. The molecule has 5 aliphatic heterocycles. The number of anilines is 2. The number of amides is 3. The largest absolute Gasteiger partial charge is 0.495 e. The van der Waals surface area contributed by atoms with E-state index >= 15 is 0 Å². The zero-order valence-electron chi connectivity index (χ0n) is 25.7. The molecule has 1 N–H and O–H groups in total. The average molecular weight is 618 g/mol. The second-order valence-electron chi connectivity index (χ2n) is 13.8. The number of hydrogen-bond acceptors (Lipinski definition) is 8. The summed E-state index contributed by atoms with van der Waals surface area (Å²) in [6.45, 7) is 6.73. The maximum Gasteiger partial charge on any atom is 0.255 e. The first kappa shape index (κ1) is 28.6. The van der Waals surface area contributed by atoms with Gasteiger partial charge in [0, 0.05) is 62.9 Å². The van der Waals surface area contributed by atoms with Crippen LogP contribution in [0.1, 0.15) is 54.4 Å². The van der Waals surface area contributed by atoms with Crippen molar-refractivity contribution in [3.8, 4) is 11.5 Å². The molecule has 2 aromatic carbocycles. The van der Waals surface area contributed by atoms with Crippen molar-refractivity contribution in [3.05, 3.63) is 47.3 Å². The topological polar surface area (TPSA) is 94.7 Å². The third-order valence-corrected chi connectivity index (χ3v) is 11.2. The van der Waals surface area contributed by atoms with Crippen LogP contribution in [0, 0.1) is 17.2 Å². The van der Waals surface area contributed by atoms with Gasteiger partial charge in [0.25, 0.3) is 5.91 Å². The van der Waals surface area contributed by atoms with Crippen LogP contribution in [0.15, 0.2) is 30.3 Å². The van der Waals surface area contributed by atoms with Crippen molar-refractivity contribution in [2.24, 2.45) is 11.3 Å². The number of carbonyl (C=O) groups is 3. The van der Waals surface area contributed by atoms with Gasteiger partial charge in [-0.15, -0.1) is 0 Å². The molecule has 2 unspecified atom stereocenters. The van der Waals surface area contributed by atoms with Crippen LogP contribution in [-0.2, 0) is 16.1 Å². The highest BCUT2D eigenvalue weighted by Crippen LogP contribution is 2.54. The predicted molar refractivity (Wildman–Crippen MR) is 165 cm³/mol. The summed E-state index contributed by atoms with van der Waals surface area (Å²) in [5.74, 6) is 1.13. The summed E-state index contributed by atoms with van der Waals surface area (Å²) < 4.78 is 25.8. The van der Waals surface area contributed by atoms with E-state index in [0.29, 0.717) is 36.5 Å². The Morgan fingerprint density at radius 3 is 2.62 bits per heavy atom. The molecule has 238 valence electrons. The number of carbonyl (C=O) groups excluding carboxylic acids is 3. The Hall–Kier alpha value is -3.86. The Morgan fingerprint density at radius 2 is 1.84 bits per heavy atom. The molecule has 2 aromatic rings. The van der Waals surface area contributed by atoms with Gasteiger partial charge in [0.15, 0.2) is 0 Å². The van der Waals surface area contributed by atoms with Gasteiger partial charge < -0.3 is 24.2 Å². The van der Waals surface area contributed by atoms with Gasteiger partial charge >= 0.3 is 0 Å². The lowest BCUT2D eigenvalue weighted by molar-refractivity contribution is -0.136. The molecule has 3 amide bonds. The summed E-state index contributed by atoms with van der Waals surface area (Å²) in [5.41, 5.74) is 3.75. The van der Waals surface area contributed by atoms with E-state index in [1.165, 1.54) is 18.9 Å². The van der Waals surface area contributed by atoms with Crippen LogP contribution in [0.4, 0.5) is 15.8 Å². The summed E-state index contributed by atoms with van der Waals surface area (Å²) in [4.78, 5) is 46.3. The van der Waals surface area contributed by atoms with E-state index in [0.717, 1.165) is 80.5 Å². The maximum atomic E-state index is 14.0. The summed E-state index contributed by atoms with van der Waals surface area (Å²) >= 11 is 0. The highest BCUT2D eigenvalue weighted by atomic mass is 19.1. The lowest BCUT2D eigenvalue weighted by Gasteiger charge is -2.54. The van der Waals surface area contributed by atoms with Crippen molar-refractivity contribution in [1.29, 1.82) is 0 Å². The number of nitrogens with zero attached hydrogens (tertiary/aromatic N) is 4. The van der Waals surface area contributed by atoms with Crippen LogP contribution >= 0.6 is 0 Å². The second kappa shape index (κ2) is 10.9. The Morgan fingerprint density at radius 1 is 1.02 bits per heavy atom. The van der Waals surface area contributed by atoms with Crippen molar-refractivity contribution < 1.29 is 28.2 Å². The molecule has 11 heteroatoms. The smallest absolute Gasteiger partial charge is 0.255 e. The quantitative estimate of drug-likeness (QED) is 0.512. The van der Waals surface area contributed by atoms with Gasteiger partial charge in [0.2, 0.25) is 11.8 Å². The van der Waals surface area contributed by atoms with E-state index in [-0.39, 0.29) is 30.1 Å². The Balaban J connectivity index is 0.862. The number of halogens is 1. The van der Waals surface area contributed by atoms with Crippen LogP contribution in [0.25, 0.3) is 0 Å². The third kappa shape index (κ3) is 4.90. The highest BCUT2D eigenvalue weighted by Gasteiger charge is 2.47. The Labute approximate surface area is 262 Å². The molecule has 1 spiro atoms. The lowest BCUT2D eigenvalue weighted by Crippen LogP contribution is -2.59. The van der Waals surface area contributed by atoms with Crippen molar-refractivity contribution in [3.63, 3.8) is 0 Å². The molecule has 1 aliphatic carbocycles. The molecule has 5 heterocycles. The van der Waals surface area contributed by atoms with Crippen molar-refractivity contribution in [2.45, 2.75) is 57.2 Å². The molecule has 2 atom stereocenters. The van der Waals surface area contributed by atoms with Crippen LogP contribution in [0.5, 0.6) is 11.5 Å². The van der Waals surface area contributed by atoms with Gasteiger partial charge in [0.05, 0.1) is 31.1 Å². The first-order chi connectivity index (χ1) is 21.8. The fourth-order valence-electron chi connectivity index (χ4n) is 8.91. The van der Waals surface area contributed by atoms with Gasteiger partial charge in [-0.05, 0) is 67.7 Å². The average Bonchev–Trinajstić information content (AvgIpc) is 3.36. The zero-order chi connectivity index (χ0) is 30.9. The van der Waals surface area contributed by atoms with Crippen LogP contribution in [0.2, 0.25) is 0 Å². The minimum Gasteiger partial charge on any atom is -0.495 e. The van der Waals surface area contributed by atoms with Gasteiger partial charge in [-0.25, -0.2) is 4.39 Å². The van der Waals surface area contributed by atoms with Gasteiger partial charge in [-0.3, -0.25) is 24.6 Å². The molecule has 45 heavy (non-hydrogen) atoms. The van der Waals surface area contributed by atoms with Crippen molar-refractivity contribution >= 4 is 29.1 Å². The van der Waals surface area contributed by atoms with E-state index in [9.17, 15) is 18.8 Å². The molecule has 1 saturated carbocycles. The molecule has 6 aliphatic rings. The Kier molecular flexibility index (Phi) is 6.92. The first-order valence-corrected chi connectivity index (χ1v) is 16.3. The number of ether oxygens (including phenoxy) is 2. The van der Waals surface area contributed by atoms with Crippen LogP contribution in [0.3, 0.4) is 0 Å². The molecule has 3 saturated heterocycles. The molecular weight excluding hydrogens is 577 g/mol. The van der Waals surface area contributed by atoms with E-state index in [1.54, 1.807) is 24.1 Å². The molecular formula is C34H40FN5O5. The summed E-state index contributed by atoms with van der Waals surface area (Å²) in [6, 6.07) is 8.27. The fourth-order valence-corrected chi connectivity index (χ4v) is 8.91. The number of fused-ring (bicyclic) bond motifs is 5. The van der Waals surface area contributed by atoms with Gasteiger partial charge in [-0.2, -0.15) is 0 Å². The van der Waals surface area contributed by atoms with E-state index in [1.807, 2.05) is 12.1 Å². The van der Waals surface area contributed by atoms with E-state index in [2.05, 4.69) is 20.0 Å². The second-order valence-corrected chi connectivity index (χ2v) is 13.8. The maximum absolute atomic E-state index is 14.0. The standard InChI is InChI=1S/C34H40FN5O5/c1-44-29-6-2-22(35)14-28(29)38-10-8-34(9-11-38)15-21(16-34)17-37-12-13-39-23(18-37)20-45-31-25-19-40(27-5-7-30(41)36-32(27)42)33(43)24(25)3-4-26(31)39/h2-4,6,14,21,23,27H,5,7-13,15-20H2,1H3,(H,36,41,42). The lowest BCUT2D eigenvalue weighted by atomic mass is 9.57. The molecule has 0 aromatic heterocycles. The van der Waals surface area contributed by atoms with Crippen molar-refractivity contribution in [1.82, 2.24) is 15.1 Å². The number of imide groups is 1. The number of hydrogen-bond donors (Lipinski definition) is 1. The number of piperidine rings is 2. The first-order valence-electron chi connectivity index (χ1n) is 16.3. The van der Waals surface area contributed by atoms with E-state index in [4.69, 9.17) is 9.47 Å². The molecule has 0 radical (unpaired) electrons. The minimum absolute atomic E-state index is 0.171. The summed E-state index contributed by atoms with van der Waals surface area (Å²) in [5, 5.41) is 2.38. The molecule has 8 rings (SSSR count). The van der Waals surface area contributed by atoms with Crippen molar-refractivity contribution in [2.75, 3.05) is 62.8 Å². The number of rotatable bonds is 5. The molecule has 4 fully saturated rings.